The molecule has 4 amide bonds. The minimum absolute atomic E-state index is 0.0389. The van der Waals surface area contributed by atoms with Crippen molar-refractivity contribution in [2.45, 2.75) is 107 Å². The van der Waals surface area contributed by atoms with E-state index >= 15 is 8.78 Å². The van der Waals surface area contributed by atoms with Crippen LogP contribution in [0, 0.1) is 18.8 Å². The van der Waals surface area contributed by atoms with Gasteiger partial charge in [0.25, 0.3) is 11.8 Å². The average molecular weight is 818 g/mol. The van der Waals surface area contributed by atoms with E-state index in [1.807, 2.05) is 48.5 Å². The summed E-state index contributed by atoms with van der Waals surface area (Å²) in [5.74, 6) is -8.11. The van der Waals surface area contributed by atoms with Crippen LogP contribution in [0.3, 0.4) is 0 Å². The largest absolute Gasteiger partial charge is 0.472 e. The third-order valence-corrected chi connectivity index (χ3v) is 13.9. The van der Waals surface area contributed by atoms with Crippen molar-refractivity contribution in [1.29, 1.82) is 0 Å². The molecule has 0 radical (unpaired) electrons. The normalized spacial score (nSPS) is 27.7. The predicted octanol–water partition coefficient (Wildman–Crippen LogP) is 4.35. The molecule has 58 heavy (non-hydrogen) atoms. The zero-order valence-electron chi connectivity index (χ0n) is 32.1. The summed E-state index contributed by atoms with van der Waals surface area (Å²) in [6.45, 7) is 3.12. The molecule has 2 aliphatic carbocycles. The molecule has 17 heteroatoms. The topological polar surface area (TPSA) is 190 Å². The Bertz CT molecular complexity index is 2400. The first-order chi connectivity index (χ1) is 27.7. The Morgan fingerprint density at radius 1 is 0.948 bits per heavy atom. The standard InChI is InChI=1S/C41H45F2N7O7S/c1-23-20-45-33(21-44-23)35(51)46-32-14-4-3-9-17-40(42,43)19-30-24(2)41(30,39(54)49-58(55,56)26-15-16-26)48-36(52)34-18-25(22-50(34)38(32)53)57-37-29-12-6-5-10-27(29)28-11-7-8-13-31(28)47-37/h5-8,10-13,20-21,24-26,30,32,34H,3-4,9,14-19,22H2,1-2H3,(H,46,51)(H,48,52)(H,49,54)/t24?,25-,30?,32+,34+,41-/m1/s1. The molecule has 14 nitrogen and oxygen atoms in total. The Kier molecular flexibility index (Phi) is 10.3. The van der Waals surface area contributed by atoms with Crippen LogP contribution in [0.25, 0.3) is 21.7 Å². The maximum absolute atomic E-state index is 15.6. The number of carbonyl (C=O) groups is 4. The minimum atomic E-state index is -4.11. The van der Waals surface area contributed by atoms with Crippen LogP contribution in [0.15, 0.2) is 60.9 Å². The van der Waals surface area contributed by atoms with Crippen molar-refractivity contribution >= 4 is 55.3 Å². The fourth-order valence-corrected chi connectivity index (χ4v) is 9.97. The highest BCUT2D eigenvalue weighted by Crippen LogP contribution is 2.56. The summed E-state index contributed by atoms with van der Waals surface area (Å²) in [6.07, 6.45) is 2.01. The van der Waals surface area contributed by atoms with E-state index in [4.69, 9.17) is 9.72 Å². The van der Waals surface area contributed by atoms with Gasteiger partial charge in [0.15, 0.2) is 0 Å². The number of aromatic nitrogens is 3. The van der Waals surface area contributed by atoms with Gasteiger partial charge in [0.2, 0.25) is 33.6 Å². The summed E-state index contributed by atoms with van der Waals surface area (Å²) in [7, 11) is -4.11. The number of aryl methyl sites for hydroxylation is 1. The van der Waals surface area contributed by atoms with Gasteiger partial charge in [0.05, 0.1) is 29.2 Å². The van der Waals surface area contributed by atoms with Gasteiger partial charge < -0.3 is 20.3 Å². The molecule has 2 aromatic heterocycles. The number of ether oxygens (including phenoxy) is 1. The van der Waals surface area contributed by atoms with E-state index < -0.39 is 93.2 Å². The molecule has 4 heterocycles. The molecule has 0 spiro atoms. The van der Waals surface area contributed by atoms with E-state index in [0.717, 1.165) is 10.8 Å². The molecular formula is C41H45F2N7O7S. The van der Waals surface area contributed by atoms with Crippen LogP contribution in [0.5, 0.6) is 5.88 Å². The van der Waals surface area contributed by atoms with E-state index in [2.05, 4.69) is 25.3 Å². The van der Waals surface area contributed by atoms with Crippen LogP contribution in [0.2, 0.25) is 0 Å². The molecule has 3 N–H and O–H groups in total. The van der Waals surface area contributed by atoms with Crippen molar-refractivity contribution in [2.24, 2.45) is 11.8 Å². The zero-order chi connectivity index (χ0) is 41.0. The molecule has 2 aromatic carbocycles. The van der Waals surface area contributed by atoms with Crippen LogP contribution in [-0.4, -0.2) is 93.3 Å². The van der Waals surface area contributed by atoms with Crippen molar-refractivity contribution in [3.05, 3.63) is 72.3 Å². The first-order valence-corrected chi connectivity index (χ1v) is 21.3. The predicted molar refractivity (Wildman–Crippen MR) is 208 cm³/mol. The number of carbonyl (C=O) groups excluding carboxylic acids is 4. The number of pyridine rings is 1. The van der Waals surface area contributed by atoms with E-state index in [9.17, 15) is 27.6 Å². The van der Waals surface area contributed by atoms with Crippen LogP contribution in [0.1, 0.15) is 80.9 Å². The van der Waals surface area contributed by atoms with Gasteiger partial charge >= 0.3 is 0 Å². The third-order valence-electron chi connectivity index (χ3n) is 12.1. The second-order valence-electron chi connectivity index (χ2n) is 16.1. The highest BCUT2D eigenvalue weighted by Gasteiger charge is 2.70. The maximum Gasteiger partial charge on any atom is 0.272 e. The summed E-state index contributed by atoms with van der Waals surface area (Å²) in [4.78, 5) is 71.1. The first kappa shape index (κ1) is 39.5. The number of alkyl halides is 2. The fourth-order valence-electron chi connectivity index (χ4n) is 8.62. The van der Waals surface area contributed by atoms with Gasteiger partial charge in [-0.05, 0) is 56.0 Å². The molecule has 0 bridgehead atoms. The Labute approximate surface area is 334 Å². The molecule has 4 fully saturated rings. The number of nitrogens with zero attached hydrogens (tertiary/aromatic N) is 4. The lowest BCUT2D eigenvalue weighted by atomic mass is 10.00. The van der Waals surface area contributed by atoms with Crippen molar-refractivity contribution < 1.29 is 41.1 Å². The number of benzene rings is 2. The van der Waals surface area contributed by atoms with Gasteiger partial charge in [0.1, 0.15) is 29.4 Å². The summed E-state index contributed by atoms with van der Waals surface area (Å²) in [5, 5.41) is 7.16. The lowest BCUT2D eigenvalue weighted by Crippen LogP contribution is -2.59. The quantitative estimate of drug-likeness (QED) is 0.226. The number of nitrogens with one attached hydrogen (secondary N) is 3. The van der Waals surface area contributed by atoms with Crippen molar-refractivity contribution in [1.82, 2.24) is 35.2 Å². The van der Waals surface area contributed by atoms with Crippen molar-refractivity contribution in [3.63, 3.8) is 0 Å². The van der Waals surface area contributed by atoms with Gasteiger partial charge in [-0.25, -0.2) is 27.2 Å². The van der Waals surface area contributed by atoms with E-state index in [1.54, 1.807) is 6.92 Å². The number of rotatable bonds is 7. The monoisotopic (exact) mass is 817 g/mol. The number of para-hydroxylation sites is 1. The van der Waals surface area contributed by atoms with E-state index in [0.29, 0.717) is 42.3 Å². The SMILES string of the molecule is Cc1cnc(C(=O)N[C@H]2CCCCCC(F)(F)CC3C(C)[C@@]3(C(=O)NS(=O)(=O)C3CC3)NC(=O)[C@@H]3C[C@@H](Oc4nc5ccccc5c5ccccc45)CN3C2=O)cn1. The number of amides is 4. The van der Waals surface area contributed by atoms with Crippen LogP contribution < -0.4 is 20.1 Å². The molecule has 2 unspecified atom stereocenters. The Hall–Kier alpha value is -5.32. The highest BCUT2D eigenvalue weighted by molar-refractivity contribution is 7.91. The Balaban J connectivity index is 1.15. The number of sulfonamides is 1. The lowest BCUT2D eigenvalue weighted by Gasteiger charge is -2.30. The molecule has 4 aliphatic rings. The van der Waals surface area contributed by atoms with Crippen molar-refractivity contribution in [2.75, 3.05) is 6.54 Å². The van der Waals surface area contributed by atoms with Crippen LogP contribution in [0.4, 0.5) is 8.78 Å². The van der Waals surface area contributed by atoms with Crippen LogP contribution in [-0.2, 0) is 24.4 Å². The molecule has 8 rings (SSSR count). The van der Waals surface area contributed by atoms with Gasteiger partial charge in [-0.3, -0.25) is 28.9 Å². The summed E-state index contributed by atoms with van der Waals surface area (Å²) < 4.78 is 65.8. The molecule has 2 saturated carbocycles. The third kappa shape index (κ3) is 7.67. The molecule has 4 aromatic rings. The molecule has 2 saturated heterocycles. The Morgan fingerprint density at radius 3 is 2.40 bits per heavy atom. The average Bonchev–Trinajstić information content (AvgIpc) is 4.09. The van der Waals surface area contributed by atoms with Gasteiger partial charge in [-0.2, -0.15) is 0 Å². The van der Waals surface area contributed by atoms with Crippen LogP contribution >= 0.6 is 0 Å². The van der Waals surface area contributed by atoms with Gasteiger partial charge in [0, 0.05) is 42.1 Å². The molecule has 6 atom stereocenters. The van der Waals surface area contributed by atoms with Crippen molar-refractivity contribution in [3.8, 4) is 5.88 Å². The second kappa shape index (κ2) is 15.1. The van der Waals surface area contributed by atoms with Gasteiger partial charge in [-0.1, -0.05) is 56.2 Å². The maximum atomic E-state index is 15.6. The van der Waals surface area contributed by atoms with E-state index in [-0.39, 0.29) is 37.4 Å². The molecule has 2 aliphatic heterocycles. The fraction of sp³-hybridized carbons (Fsp3) is 0.488. The number of fused-ring (bicyclic) bond motifs is 5. The number of hydrogen-bond acceptors (Lipinski definition) is 10. The first-order valence-electron chi connectivity index (χ1n) is 19.8. The highest BCUT2D eigenvalue weighted by atomic mass is 32.2. The summed E-state index contributed by atoms with van der Waals surface area (Å²) in [5.41, 5.74) is -0.778. The number of hydrogen-bond donors (Lipinski definition) is 3. The number of halogens is 2. The summed E-state index contributed by atoms with van der Waals surface area (Å²) >= 11 is 0. The summed E-state index contributed by atoms with van der Waals surface area (Å²) in [6, 6.07) is 12.6. The second-order valence-corrected chi connectivity index (χ2v) is 18.1. The zero-order valence-corrected chi connectivity index (χ0v) is 32.9. The Morgan fingerprint density at radius 2 is 1.67 bits per heavy atom. The smallest absolute Gasteiger partial charge is 0.272 e. The molecule has 306 valence electrons. The minimum Gasteiger partial charge on any atom is -0.472 e. The van der Waals surface area contributed by atoms with E-state index in [1.165, 1.54) is 24.2 Å². The van der Waals surface area contributed by atoms with Gasteiger partial charge in [-0.15, -0.1) is 0 Å². The lowest BCUT2D eigenvalue weighted by molar-refractivity contribution is -0.141. The molecular weight excluding hydrogens is 773 g/mol.